The third-order valence-corrected chi connectivity index (χ3v) is 4.67. The summed E-state index contributed by atoms with van der Waals surface area (Å²) >= 11 is 0. The van der Waals surface area contributed by atoms with Crippen LogP contribution in [0, 0.1) is 24.2 Å². The van der Waals surface area contributed by atoms with Crippen molar-refractivity contribution in [3.05, 3.63) is 46.7 Å². The molecule has 1 aromatic carbocycles. The van der Waals surface area contributed by atoms with Gasteiger partial charge in [0.15, 0.2) is 12.0 Å². The number of carbonyl (C=O) groups is 4. The van der Waals surface area contributed by atoms with Crippen molar-refractivity contribution in [1.82, 2.24) is 10.3 Å². The normalized spacial score (nSPS) is 18.0. The lowest BCUT2D eigenvalue weighted by molar-refractivity contribution is -0.155. The van der Waals surface area contributed by atoms with Crippen molar-refractivity contribution in [2.45, 2.75) is 19.9 Å². The van der Waals surface area contributed by atoms with Crippen LogP contribution in [0.3, 0.4) is 0 Å². The third-order valence-electron chi connectivity index (χ3n) is 4.67. The molecule has 0 spiro atoms. The number of nitriles is 1. The fourth-order valence-corrected chi connectivity index (χ4v) is 3.07. The zero-order valence-corrected chi connectivity index (χ0v) is 18.7. The number of methoxy groups -OCH3 is 2. The molecule has 0 aliphatic carbocycles. The molecular weight excluding hydrogens is 432 g/mol. The van der Waals surface area contributed by atoms with Gasteiger partial charge in [-0.3, -0.25) is 9.59 Å². The number of esters is 3. The smallest absolute Gasteiger partial charge is 0.338 e. The van der Waals surface area contributed by atoms with Gasteiger partial charge in [0.2, 0.25) is 0 Å². The van der Waals surface area contributed by atoms with E-state index in [2.05, 4.69) is 10.4 Å². The van der Waals surface area contributed by atoms with Crippen LogP contribution in [0.5, 0.6) is 0 Å². The molecule has 2 rings (SSSR count). The summed E-state index contributed by atoms with van der Waals surface area (Å²) in [4.78, 5) is 50.3. The Bertz CT molecular complexity index is 1020. The first-order valence-electron chi connectivity index (χ1n) is 9.92. The van der Waals surface area contributed by atoms with Gasteiger partial charge in [-0.15, -0.1) is 0 Å². The molecule has 0 saturated carbocycles. The largest absolute Gasteiger partial charge is 0.467 e. The number of ether oxygens (including phenoxy) is 3. The topological polar surface area (TPSA) is 147 Å². The second kappa shape index (κ2) is 11.4. The minimum absolute atomic E-state index is 0.107. The molecule has 1 amide bonds. The second-order valence-corrected chi connectivity index (χ2v) is 6.80. The summed E-state index contributed by atoms with van der Waals surface area (Å²) in [7, 11) is 2.15. The Hall–Kier alpha value is -4.20. The molecular formula is C22H24N4O7. The van der Waals surface area contributed by atoms with Gasteiger partial charge in [0.05, 0.1) is 44.4 Å². The van der Waals surface area contributed by atoms with Crippen LogP contribution in [0.25, 0.3) is 0 Å². The summed E-state index contributed by atoms with van der Waals surface area (Å²) in [6.07, 6.45) is 1.31. The van der Waals surface area contributed by atoms with E-state index < -0.39 is 42.3 Å². The van der Waals surface area contributed by atoms with E-state index in [1.165, 1.54) is 6.21 Å². The predicted octanol–water partition coefficient (Wildman–Crippen LogP) is 0.432. The van der Waals surface area contributed by atoms with Crippen molar-refractivity contribution >= 4 is 30.0 Å². The van der Waals surface area contributed by atoms with Gasteiger partial charge in [0.1, 0.15) is 6.54 Å². The van der Waals surface area contributed by atoms with Gasteiger partial charge >= 0.3 is 17.9 Å². The number of amides is 1. The standard InChI is InChI=1S/C22H24N4O7/c1-5-33-16(27)12-24-18-15(10-23)20(28)26(25-11-14-8-6-13(2)7-9-14)19(22(30)32-4)17(18)21(29)31-3/h6-9,11,15,19,24H,5,12H2,1-4H3/b25-11+. The van der Waals surface area contributed by atoms with Gasteiger partial charge < -0.3 is 19.5 Å². The van der Waals surface area contributed by atoms with Gasteiger partial charge in [-0.1, -0.05) is 29.8 Å². The number of benzene rings is 1. The zero-order valence-electron chi connectivity index (χ0n) is 18.7. The zero-order chi connectivity index (χ0) is 24.5. The van der Waals surface area contributed by atoms with Crippen LogP contribution in [-0.4, -0.2) is 68.5 Å². The maximum atomic E-state index is 13.1. The van der Waals surface area contributed by atoms with E-state index in [9.17, 15) is 24.4 Å². The molecule has 33 heavy (non-hydrogen) atoms. The maximum Gasteiger partial charge on any atom is 0.338 e. The first-order valence-corrected chi connectivity index (χ1v) is 9.92. The van der Waals surface area contributed by atoms with Crippen molar-refractivity contribution < 1.29 is 33.4 Å². The Morgan fingerprint density at radius 1 is 1.21 bits per heavy atom. The van der Waals surface area contributed by atoms with Crippen molar-refractivity contribution in [3.8, 4) is 6.07 Å². The van der Waals surface area contributed by atoms with E-state index in [-0.39, 0.29) is 17.9 Å². The van der Waals surface area contributed by atoms with Crippen molar-refractivity contribution in [2.75, 3.05) is 27.4 Å². The minimum Gasteiger partial charge on any atom is -0.467 e. The van der Waals surface area contributed by atoms with Crippen LogP contribution in [0.4, 0.5) is 0 Å². The highest BCUT2D eigenvalue weighted by molar-refractivity contribution is 6.04. The maximum absolute atomic E-state index is 13.1. The number of rotatable bonds is 8. The molecule has 1 heterocycles. The van der Waals surface area contributed by atoms with Gasteiger partial charge in [0, 0.05) is 0 Å². The van der Waals surface area contributed by atoms with Crippen LogP contribution in [-0.2, 0) is 33.4 Å². The monoisotopic (exact) mass is 456 g/mol. The third kappa shape index (κ3) is 5.74. The molecule has 11 heteroatoms. The van der Waals surface area contributed by atoms with E-state index in [4.69, 9.17) is 14.2 Å². The lowest BCUT2D eigenvalue weighted by atomic mass is 9.90. The highest BCUT2D eigenvalue weighted by atomic mass is 16.5. The number of carbonyl (C=O) groups excluding carboxylic acids is 4. The number of aryl methyl sites for hydroxylation is 1. The molecule has 0 aromatic heterocycles. The predicted molar refractivity (Wildman–Crippen MR) is 114 cm³/mol. The van der Waals surface area contributed by atoms with Gasteiger partial charge in [0.25, 0.3) is 5.91 Å². The molecule has 0 fully saturated rings. The Morgan fingerprint density at radius 2 is 1.88 bits per heavy atom. The van der Waals surface area contributed by atoms with Crippen LogP contribution in [0.2, 0.25) is 0 Å². The molecule has 0 radical (unpaired) electrons. The fourth-order valence-electron chi connectivity index (χ4n) is 3.07. The van der Waals surface area contributed by atoms with Gasteiger partial charge in [-0.25, -0.2) is 14.6 Å². The summed E-state index contributed by atoms with van der Waals surface area (Å²) in [5, 5.41) is 17.1. The molecule has 1 aliphatic rings. The SMILES string of the molecule is CCOC(=O)CNC1=C(C(=O)OC)C(C(=O)OC)N(/N=C/c2ccc(C)cc2)C(=O)C1C#N. The molecule has 1 aromatic rings. The highest BCUT2D eigenvalue weighted by Crippen LogP contribution is 2.30. The molecule has 0 bridgehead atoms. The Morgan fingerprint density at radius 3 is 2.42 bits per heavy atom. The molecule has 2 atom stereocenters. The average Bonchev–Trinajstić information content (AvgIpc) is 2.81. The lowest BCUT2D eigenvalue weighted by Gasteiger charge is -2.34. The number of nitrogens with one attached hydrogen (secondary N) is 1. The molecule has 0 saturated heterocycles. The number of hydrogen-bond acceptors (Lipinski definition) is 10. The first-order chi connectivity index (χ1) is 15.8. The van der Waals surface area contributed by atoms with E-state index in [1.54, 1.807) is 25.1 Å². The quantitative estimate of drug-likeness (QED) is 0.334. The van der Waals surface area contributed by atoms with Gasteiger partial charge in [-0.2, -0.15) is 10.4 Å². The number of hydrazone groups is 1. The van der Waals surface area contributed by atoms with Gasteiger partial charge in [-0.05, 0) is 19.4 Å². The van der Waals surface area contributed by atoms with E-state index in [0.717, 1.165) is 19.8 Å². The summed E-state index contributed by atoms with van der Waals surface area (Å²) in [5.41, 5.74) is 0.993. The summed E-state index contributed by atoms with van der Waals surface area (Å²) < 4.78 is 14.4. The average molecular weight is 456 g/mol. The van der Waals surface area contributed by atoms with E-state index in [0.29, 0.717) is 10.6 Å². The molecule has 11 nitrogen and oxygen atoms in total. The van der Waals surface area contributed by atoms with Crippen LogP contribution in [0.15, 0.2) is 40.6 Å². The van der Waals surface area contributed by atoms with Crippen LogP contribution in [0.1, 0.15) is 18.1 Å². The minimum atomic E-state index is -1.65. The molecule has 174 valence electrons. The number of hydrogen-bond donors (Lipinski definition) is 1. The highest BCUT2D eigenvalue weighted by Gasteiger charge is 2.49. The summed E-state index contributed by atoms with van der Waals surface area (Å²) in [6.45, 7) is 3.17. The molecule has 1 aliphatic heterocycles. The molecule has 1 N–H and O–H groups in total. The van der Waals surface area contributed by atoms with Crippen molar-refractivity contribution in [2.24, 2.45) is 11.0 Å². The van der Waals surface area contributed by atoms with Crippen LogP contribution >= 0.6 is 0 Å². The molecule has 2 unspecified atom stereocenters. The summed E-state index contributed by atoms with van der Waals surface area (Å²) in [5.74, 6) is -5.13. The van der Waals surface area contributed by atoms with Crippen LogP contribution < -0.4 is 5.32 Å². The first kappa shape index (κ1) is 25.1. The Balaban J connectivity index is 2.60. The Kier molecular flexibility index (Phi) is 8.68. The Labute approximate surface area is 190 Å². The second-order valence-electron chi connectivity index (χ2n) is 6.80. The van der Waals surface area contributed by atoms with Crippen molar-refractivity contribution in [3.63, 3.8) is 0 Å². The van der Waals surface area contributed by atoms with E-state index in [1.807, 2.05) is 19.1 Å². The summed E-state index contributed by atoms with van der Waals surface area (Å²) in [6, 6.07) is 7.27. The van der Waals surface area contributed by atoms with E-state index >= 15 is 0 Å². The van der Waals surface area contributed by atoms with Crippen molar-refractivity contribution in [1.29, 1.82) is 5.26 Å². The lowest BCUT2D eigenvalue weighted by Crippen LogP contribution is -2.54. The number of nitrogens with zero attached hydrogens (tertiary/aromatic N) is 3. The fraction of sp³-hybridized carbons (Fsp3) is 0.364.